The highest BCUT2D eigenvalue weighted by molar-refractivity contribution is 5.81. The lowest BCUT2D eigenvalue weighted by atomic mass is 10.1. The van der Waals surface area contributed by atoms with Crippen LogP contribution in [0.2, 0.25) is 0 Å². The summed E-state index contributed by atoms with van der Waals surface area (Å²) in [5.41, 5.74) is 5.11. The molecular formula is C25H27N4+. The first-order valence-corrected chi connectivity index (χ1v) is 10.1. The van der Waals surface area contributed by atoms with Crippen molar-refractivity contribution in [3.05, 3.63) is 83.7 Å². The molecule has 3 aromatic rings. The molecule has 0 radical (unpaired) electrons. The number of pyridine rings is 1. The van der Waals surface area contributed by atoms with E-state index in [2.05, 4.69) is 103 Å². The SMILES string of the molecule is [C-]#[N+]c1cc(N2C=CN(C(C)C)[C@H]2C)c(C)c(-[n+]2cc3ccccc3cc2C)c1. The predicted molar refractivity (Wildman–Crippen MR) is 119 cm³/mol. The van der Waals surface area contributed by atoms with Gasteiger partial charge in [0.1, 0.15) is 6.17 Å². The molecular weight excluding hydrogens is 356 g/mol. The molecule has 0 bridgehead atoms. The molecule has 0 spiro atoms. The highest BCUT2D eigenvalue weighted by Crippen LogP contribution is 2.34. The van der Waals surface area contributed by atoms with Crippen molar-refractivity contribution in [3.8, 4) is 5.69 Å². The summed E-state index contributed by atoms with van der Waals surface area (Å²) in [4.78, 5) is 8.37. The number of fused-ring (bicyclic) bond motifs is 1. The molecule has 0 fully saturated rings. The van der Waals surface area contributed by atoms with Crippen molar-refractivity contribution in [2.75, 3.05) is 4.90 Å². The number of anilines is 1. The number of nitrogens with zero attached hydrogens (tertiary/aromatic N) is 4. The molecule has 1 aliphatic heterocycles. The van der Waals surface area contributed by atoms with E-state index in [0.29, 0.717) is 11.7 Å². The van der Waals surface area contributed by atoms with Gasteiger partial charge in [-0.2, -0.15) is 4.57 Å². The summed E-state index contributed by atoms with van der Waals surface area (Å²) in [5.74, 6) is 0. The third kappa shape index (κ3) is 3.23. The van der Waals surface area contributed by atoms with Crippen LogP contribution in [0.1, 0.15) is 32.0 Å². The summed E-state index contributed by atoms with van der Waals surface area (Å²) in [6, 6.07) is 15.0. The summed E-state index contributed by atoms with van der Waals surface area (Å²) >= 11 is 0. The number of hydrogen-bond acceptors (Lipinski definition) is 2. The number of rotatable bonds is 3. The minimum Gasteiger partial charge on any atom is -0.353 e. The third-order valence-electron chi connectivity index (χ3n) is 5.84. The summed E-state index contributed by atoms with van der Waals surface area (Å²) < 4.78 is 2.21. The highest BCUT2D eigenvalue weighted by Gasteiger charge is 2.28. The highest BCUT2D eigenvalue weighted by atomic mass is 15.4. The van der Waals surface area contributed by atoms with Crippen molar-refractivity contribution in [1.82, 2.24) is 4.90 Å². The minimum atomic E-state index is 0.213. The van der Waals surface area contributed by atoms with Crippen LogP contribution in [-0.4, -0.2) is 17.1 Å². The van der Waals surface area contributed by atoms with Crippen LogP contribution in [0.4, 0.5) is 11.4 Å². The summed E-state index contributed by atoms with van der Waals surface area (Å²) in [6.45, 7) is 18.5. The zero-order valence-electron chi connectivity index (χ0n) is 17.7. The second-order valence-corrected chi connectivity index (χ2v) is 8.01. The largest absolute Gasteiger partial charge is 0.353 e. The van der Waals surface area contributed by atoms with Crippen LogP contribution >= 0.6 is 0 Å². The Bertz CT molecular complexity index is 1150. The lowest BCUT2D eigenvalue weighted by molar-refractivity contribution is -0.601. The maximum Gasteiger partial charge on any atom is 0.205 e. The smallest absolute Gasteiger partial charge is 0.205 e. The van der Waals surface area contributed by atoms with Crippen LogP contribution in [0.5, 0.6) is 0 Å². The fourth-order valence-electron chi connectivity index (χ4n) is 4.23. The van der Waals surface area contributed by atoms with Crippen molar-refractivity contribution in [2.24, 2.45) is 0 Å². The topological polar surface area (TPSA) is 14.7 Å². The van der Waals surface area contributed by atoms with Crippen LogP contribution in [0, 0.1) is 20.4 Å². The van der Waals surface area contributed by atoms with Gasteiger partial charge in [0.15, 0.2) is 17.6 Å². The van der Waals surface area contributed by atoms with Gasteiger partial charge in [-0.1, -0.05) is 18.2 Å². The van der Waals surface area contributed by atoms with Gasteiger partial charge in [0.2, 0.25) is 5.69 Å². The summed E-state index contributed by atoms with van der Waals surface area (Å²) in [7, 11) is 0. The van der Waals surface area contributed by atoms with Gasteiger partial charge in [-0.05, 0) is 45.2 Å². The number of hydrogen-bond donors (Lipinski definition) is 0. The first-order valence-electron chi connectivity index (χ1n) is 10.1. The normalized spacial score (nSPS) is 16.1. The Morgan fingerprint density at radius 3 is 2.41 bits per heavy atom. The molecule has 0 N–H and O–H groups in total. The van der Waals surface area contributed by atoms with Gasteiger partial charge in [-0.15, -0.1) is 0 Å². The maximum absolute atomic E-state index is 7.65. The monoisotopic (exact) mass is 383 g/mol. The first-order chi connectivity index (χ1) is 13.9. The van der Waals surface area contributed by atoms with Gasteiger partial charge in [-0.25, -0.2) is 4.85 Å². The van der Waals surface area contributed by atoms with E-state index in [9.17, 15) is 0 Å². The Balaban J connectivity index is 1.89. The van der Waals surface area contributed by atoms with Crippen LogP contribution in [-0.2, 0) is 0 Å². The Kier molecular flexibility index (Phi) is 4.76. The molecule has 2 heterocycles. The second kappa shape index (κ2) is 7.25. The lowest BCUT2D eigenvalue weighted by Gasteiger charge is -2.33. The van der Waals surface area contributed by atoms with E-state index in [0.717, 1.165) is 17.1 Å². The zero-order valence-corrected chi connectivity index (χ0v) is 17.7. The van der Waals surface area contributed by atoms with E-state index in [1.807, 2.05) is 12.1 Å². The first kappa shape index (κ1) is 19.0. The molecule has 0 saturated carbocycles. The van der Waals surface area contributed by atoms with E-state index in [1.165, 1.54) is 16.3 Å². The molecule has 4 rings (SSSR count). The van der Waals surface area contributed by atoms with Gasteiger partial charge >= 0.3 is 0 Å². The number of benzene rings is 2. The Morgan fingerprint density at radius 1 is 1.03 bits per heavy atom. The molecule has 146 valence electrons. The quantitative estimate of drug-likeness (QED) is 0.430. The van der Waals surface area contributed by atoms with E-state index in [4.69, 9.17) is 6.57 Å². The van der Waals surface area contributed by atoms with Crippen molar-refractivity contribution in [2.45, 2.75) is 46.8 Å². The average Bonchev–Trinajstić information content (AvgIpc) is 3.09. The zero-order chi connectivity index (χ0) is 20.7. The van der Waals surface area contributed by atoms with Gasteiger partial charge in [-0.3, -0.25) is 0 Å². The van der Waals surface area contributed by atoms with Crippen molar-refractivity contribution < 1.29 is 4.57 Å². The van der Waals surface area contributed by atoms with E-state index >= 15 is 0 Å². The minimum absolute atomic E-state index is 0.213. The molecule has 0 saturated heterocycles. The second-order valence-electron chi connectivity index (χ2n) is 8.01. The average molecular weight is 384 g/mol. The predicted octanol–water partition coefficient (Wildman–Crippen LogP) is 5.63. The Morgan fingerprint density at radius 2 is 1.76 bits per heavy atom. The van der Waals surface area contributed by atoms with Crippen LogP contribution in [0.15, 0.2) is 61.1 Å². The third-order valence-corrected chi connectivity index (χ3v) is 5.84. The van der Waals surface area contributed by atoms with Crippen molar-refractivity contribution in [1.29, 1.82) is 0 Å². The fraction of sp³-hybridized carbons (Fsp3) is 0.280. The maximum atomic E-state index is 7.65. The molecule has 29 heavy (non-hydrogen) atoms. The van der Waals surface area contributed by atoms with Gasteiger partial charge in [0, 0.05) is 54.1 Å². The Labute approximate surface area is 173 Å². The summed E-state index contributed by atoms with van der Waals surface area (Å²) in [6.07, 6.45) is 6.66. The fourth-order valence-corrected chi connectivity index (χ4v) is 4.23. The van der Waals surface area contributed by atoms with Crippen molar-refractivity contribution >= 4 is 22.1 Å². The number of aryl methyl sites for hydroxylation is 1. The van der Waals surface area contributed by atoms with Crippen LogP contribution in [0.3, 0.4) is 0 Å². The Hall–Kier alpha value is -3.32. The molecule has 2 aromatic carbocycles. The van der Waals surface area contributed by atoms with E-state index < -0.39 is 0 Å². The number of aromatic nitrogens is 1. The van der Waals surface area contributed by atoms with E-state index in [-0.39, 0.29) is 6.17 Å². The molecule has 1 atom stereocenters. The van der Waals surface area contributed by atoms with Crippen molar-refractivity contribution in [3.63, 3.8) is 0 Å². The molecule has 1 aliphatic rings. The molecule has 0 amide bonds. The molecule has 4 nitrogen and oxygen atoms in total. The van der Waals surface area contributed by atoms with Gasteiger partial charge in [0.25, 0.3) is 0 Å². The van der Waals surface area contributed by atoms with E-state index in [1.54, 1.807) is 0 Å². The lowest BCUT2D eigenvalue weighted by Crippen LogP contribution is -2.40. The van der Waals surface area contributed by atoms with Gasteiger partial charge in [0.05, 0.1) is 6.57 Å². The molecule has 1 aromatic heterocycles. The molecule has 0 aliphatic carbocycles. The summed E-state index contributed by atoms with van der Waals surface area (Å²) in [5, 5.41) is 2.41. The molecule has 4 heteroatoms. The molecule has 0 unspecified atom stereocenters. The van der Waals surface area contributed by atoms with Gasteiger partial charge < -0.3 is 9.80 Å². The van der Waals surface area contributed by atoms with Crippen LogP contribution < -0.4 is 9.47 Å². The standard InChI is InChI=1S/C25H27N4/c1-17(2)27-11-12-28(20(27)5)24-14-23(26-6)15-25(19(24)4)29-16-22-10-8-7-9-21(22)13-18(29)3/h7-17,20H,1-5H3/q+1/t20-/m1/s1. The van der Waals surface area contributed by atoms with Crippen LogP contribution in [0.25, 0.3) is 21.3 Å².